The molecule has 0 saturated carbocycles. The smallest absolute Gasteiger partial charge is 0.178 e. The Morgan fingerprint density at radius 1 is 1.40 bits per heavy atom. The van der Waals surface area contributed by atoms with E-state index in [0.29, 0.717) is 5.75 Å². The van der Waals surface area contributed by atoms with Gasteiger partial charge in [-0.1, -0.05) is 6.07 Å². The standard InChI is InChI=1S/C10H14O4S/c1-14-9-4-2-5-10(8-9)15(12,13)7-3-6-11/h2,4-5,8,11H,3,6-7H2,1H3. The normalized spacial score (nSPS) is 11.3. The van der Waals surface area contributed by atoms with E-state index in [2.05, 4.69) is 0 Å². The third kappa shape index (κ3) is 3.21. The number of rotatable bonds is 5. The van der Waals surface area contributed by atoms with Gasteiger partial charge in [0, 0.05) is 6.61 Å². The summed E-state index contributed by atoms with van der Waals surface area (Å²) in [5, 5.41) is 8.59. The van der Waals surface area contributed by atoms with E-state index < -0.39 is 9.84 Å². The largest absolute Gasteiger partial charge is 0.497 e. The van der Waals surface area contributed by atoms with Crippen molar-refractivity contribution in [2.24, 2.45) is 0 Å². The van der Waals surface area contributed by atoms with Crippen molar-refractivity contribution in [3.8, 4) is 5.75 Å². The van der Waals surface area contributed by atoms with Crippen LogP contribution in [0.25, 0.3) is 0 Å². The number of aliphatic hydroxyl groups excluding tert-OH is 1. The van der Waals surface area contributed by atoms with Crippen LogP contribution in [0.3, 0.4) is 0 Å². The minimum atomic E-state index is -3.30. The van der Waals surface area contributed by atoms with Crippen molar-refractivity contribution < 1.29 is 18.3 Å². The first-order chi connectivity index (χ1) is 7.10. The van der Waals surface area contributed by atoms with Crippen LogP contribution in [0.5, 0.6) is 5.75 Å². The molecular weight excluding hydrogens is 216 g/mol. The van der Waals surface area contributed by atoms with Crippen molar-refractivity contribution >= 4 is 9.84 Å². The third-order valence-electron chi connectivity index (χ3n) is 1.97. The fraction of sp³-hybridized carbons (Fsp3) is 0.400. The van der Waals surface area contributed by atoms with Gasteiger partial charge in [-0.2, -0.15) is 0 Å². The summed E-state index contributed by atoms with van der Waals surface area (Å²) >= 11 is 0. The molecule has 1 rings (SSSR count). The summed E-state index contributed by atoms with van der Waals surface area (Å²) in [6.45, 7) is -0.122. The minimum Gasteiger partial charge on any atom is -0.497 e. The molecule has 1 N–H and O–H groups in total. The fourth-order valence-electron chi connectivity index (χ4n) is 1.17. The molecule has 0 radical (unpaired) electrons. The van der Waals surface area contributed by atoms with Gasteiger partial charge in [0.1, 0.15) is 5.75 Å². The monoisotopic (exact) mass is 230 g/mol. The summed E-state index contributed by atoms with van der Waals surface area (Å²) in [6, 6.07) is 6.32. The Kier molecular flexibility index (Phi) is 4.11. The zero-order valence-electron chi connectivity index (χ0n) is 8.51. The highest BCUT2D eigenvalue weighted by Gasteiger charge is 2.14. The van der Waals surface area contributed by atoms with Crippen LogP contribution < -0.4 is 4.74 Å². The maximum Gasteiger partial charge on any atom is 0.178 e. The molecule has 4 nitrogen and oxygen atoms in total. The lowest BCUT2D eigenvalue weighted by molar-refractivity contribution is 0.295. The number of methoxy groups -OCH3 is 1. The SMILES string of the molecule is COc1cccc(S(=O)(=O)CCCO)c1. The van der Waals surface area contributed by atoms with Crippen LogP contribution in [0, 0.1) is 0 Å². The van der Waals surface area contributed by atoms with E-state index in [1.165, 1.54) is 19.2 Å². The first-order valence-electron chi connectivity index (χ1n) is 4.58. The summed E-state index contributed by atoms with van der Waals surface area (Å²) in [5.74, 6) is 0.469. The number of aliphatic hydroxyl groups is 1. The molecule has 0 atom stereocenters. The molecule has 0 amide bonds. The first-order valence-corrected chi connectivity index (χ1v) is 6.23. The second-order valence-corrected chi connectivity index (χ2v) is 5.18. The zero-order chi connectivity index (χ0) is 11.3. The van der Waals surface area contributed by atoms with Gasteiger partial charge in [-0.05, 0) is 24.6 Å². The maximum absolute atomic E-state index is 11.7. The molecule has 0 spiro atoms. The van der Waals surface area contributed by atoms with Gasteiger partial charge < -0.3 is 9.84 Å². The van der Waals surface area contributed by atoms with Crippen molar-refractivity contribution in [2.45, 2.75) is 11.3 Å². The molecule has 84 valence electrons. The minimum absolute atomic E-state index is 0.0450. The predicted molar refractivity (Wildman–Crippen MR) is 56.7 cm³/mol. The van der Waals surface area contributed by atoms with Crippen molar-refractivity contribution in [3.63, 3.8) is 0 Å². The Hall–Kier alpha value is -1.07. The molecule has 5 heteroatoms. The highest BCUT2D eigenvalue weighted by Crippen LogP contribution is 2.18. The number of ether oxygens (including phenoxy) is 1. The lowest BCUT2D eigenvalue weighted by atomic mass is 10.3. The molecule has 15 heavy (non-hydrogen) atoms. The van der Waals surface area contributed by atoms with Gasteiger partial charge in [0.05, 0.1) is 17.8 Å². The van der Waals surface area contributed by atoms with E-state index in [9.17, 15) is 8.42 Å². The summed E-state index contributed by atoms with van der Waals surface area (Å²) in [4.78, 5) is 0.232. The van der Waals surface area contributed by atoms with Gasteiger partial charge in [-0.3, -0.25) is 0 Å². The third-order valence-corrected chi connectivity index (χ3v) is 3.77. The van der Waals surface area contributed by atoms with Gasteiger partial charge in [0.15, 0.2) is 9.84 Å². The summed E-state index contributed by atoms with van der Waals surface area (Å²) < 4.78 is 28.3. The van der Waals surface area contributed by atoms with Crippen molar-refractivity contribution in [2.75, 3.05) is 19.5 Å². The van der Waals surface area contributed by atoms with E-state index in [1.54, 1.807) is 12.1 Å². The molecule has 0 saturated heterocycles. The van der Waals surface area contributed by atoms with Gasteiger partial charge in [0.25, 0.3) is 0 Å². The van der Waals surface area contributed by atoms with Crippen LogP contribution in [-0.4, -0.2) is 33.0 Å². The van der Waals surface area contributed by atoms with Crippen LogP contribution >= 0.6 is 0 Å². The summed E-state index contributed by atoms with van der Waals surface area (Å²) in [7, 11) is -1.81. The lowest BCUT2D eigenvalue weighted by Crippen LogP contribution is -2.08. The number of sulfone groups is 1. The number of benzene rings is 1. The Morgan fingerprint density at radius 3 is 2.73 bits per heavy atom. The second-order valence-electron chi connectivity index (χ2n) is 3.08. The molecule has 0 heterocycles. The van der Waals surface area contributed by atoms with Gasteiger partial charge in [-0.15, -0.1) is 0 Å². The molecular formula is C10H14O4S. The molecule has 0 aromatic heterocycles. The van der Waals surface area contributed by atoms with E-state index in [-0.39, 0.29) is 23.7 Å². The number of hydrogen-bond donors (Lipinski definition) is 1. The van der Waals surface area contributed by atoms with Gasteiger partial charge in [-0.25, -0.2) is 8.42 Å². The van der Waals surface area contributed by atoms with Gasteiger partial charge in [0.2, 0.25) is 0 Å². The van der Waals surface area contributed by atoms with Crippen LogP contribution in [0.4, 0.5) is 0 Å². The molecule has 0 bridgehead atoms. The number of hydrogen-bond acceptors (Lipinski definition) is 4. The predicted octanol–water partition coefficient (Wildman–Crippen LogP) is 0.851. The molecule has 1 aromatic rings. The van der Waals surface area contributed by atoms with Crippen molar-refractivity contribution in [1.82, 2.24) is 0 Å². The average molecular weight is 230 g/mol. The highest BCUT2D eigenvalue weighted by atomic mass is 32.2. The quantitative estimate of drug-likeness (QED) is 0.814. The second kappa shape index (κ2) is 5.14. The Labute approximate surface area is 89.4 Å². The molecule has 0 aliphatic heterocycles. The van der Waals surface area contributed by atoms with Gasteiger partial charge >= 0.3 is 0 Å². The summed E-state index contributed by atoms with van der Waals surface area (Å²) in [6.07, 6.45) is 0.250. The molecule has 0 aliphatic carbocycles. The fourth-order valence-corrected chi connectivity index (χ4v) is 2.49. The van der Waals surface area contributed by atoms with Crippen molar-refractivity contribution in [1.29, 1.82) is 0 Å². The molecule has 0 aliphatic rings. The van der Waals surface area contributed by atoms with Crippen LogP contribution in [-0.2, 0) is 9.84 Å². The van der Waals surface area contributed by atoms with E-state index in [0.717, 1.165) is 0 Å². The van der Waals surface area contributed by atoms with Crippen molar-refractivity contribution in [3.05, 3.63) is 24.3 Å². The Morgan fingerprint density at radius 2 is 2.13 bits per heavy atom. The molecule has 1 aromatic carbocycles. The average Bonchev–Trinajstić information content (AvgIpc) is 2.26. The Balaban J connectivity index is 2.94. The first kappa shape index (κ1) is 12.0. The van der Waals surface area contributed by atoms with E-state index >= 15 is 0 Å². The maximum atomic E-state index is 11.7. The van der Waals surface area contributed by atoms with E-state index in [4.69, 9.17) is 9.84 Å². The zero-order valence-corrected chi connectivity index (χ0v) is 9.33. The Bertz CT molecular complexity index is 411. The highest BCUT2D eigenvalue weighted by molar-refractivity contribution is 7.91. The van der Waals surface area contributed by atoms with E-state index in [1.807, 2.05) is 0 Å². The lowest BCUT2D eigenvalue weighted by Gasteiger charge is -2.05. The summed E-state index contributed by atoms with van der Waals surface area (Å²) in [5.41, 5.74) is 0. The van der Waals surface area contributed by atoms with Crippen LogP contribution in [0.2, 0.25) is 0 Å². The topological polar surface area (TPSA) is 63.6 Å². The molecule has 0 fully saturated rings. The van der Waals surface area contributed by atoms with Crippen LogP contribution in [0.1, 0.15) is 6.42 Å². The molecule has 0 unspecified atom stereocenters. The van der Waals surface area contributed by atoms with Crippen LogP contribution in [0.15, 0.2) is 29.2 Å².